The van der Waals surface area contributed by atoms with E-state index in [1.54, 1.807) is 5.56 Å². The van der Waals surface area contributed by atoms with Crippen molar-refractivity contribution >= 4 is 66.7 Å². The molecule has 9 aromatic carbocycles. The molecule has 0 amide bonds. The van der Waals surface area contributed by atoms with Gasteiger partial charge in [-0.05, 0) is 198 Å². The van der Waals surface area contributed by atoms with Gasteiger partial charge in [0.05, 0.1) is 22.1 Å². The first-order chi connectivity index (χ1) is 36.0. The number of para-hydroxylation sites is 3. The molecule has 0 saturated heterocycles. The first-order valence-electron chi connectivity index (χ1n) is 26.9. The lowest BCUT2D eigenvalue weighted by Gasteiger charge is -2.63. The molecule has 0 radical (unpaired) electrons. The van der Waals surface area contributed by atoms with Crippen LogP contribution in [0.4, 0.5) is 17.1 Å². The van der Waals surface area contributed by atoms with E-state index in [1.807, 2.05) is 6.08 Å². The SMILES string of the molecule is C=Cc1ccc(C23CC4CC(C2)CC(c2ccc(N(c5ccc(CCCC)cc5)c5ccc(-c6ccc7c(c6)c6cc8c(cc6n7-c6ccccc6)c6ccccc6n8-c6ccccc6)cc5)cc2)(C4)C3)cc1. The zero-order valence-corrected chi connectivity index (χ0v) is 41.9. The van der Waals surface area contributed by atoms with E-state index >= 15 is 0 Å². The normalized spacial score (nSPS) is 20.1. The molecule has 4 fully saturated rings. The standard InChI is InChI=1S/C70H61N3/c1-3-5-14-49-23-32-58(33-24-49)71(60-36-30-55(31-37-60)70-45-50-39-51(46-70)44-69(43-50,47-70)54-28-21-48(4-2)22-29-54)59-34-25-52(26-35-59)53-27-38-66-62(40-53)64-42-67-63(41-68(64)73(66)57-17-10-7-11-18-57)61-19-12-13-20-65(61)72(67)56-15-8-6-9-16-56/h4,6-13,15-38,40-42,50-51H,2-3,5,14,39,43-47H2,1H3. The van der Waals surface area contributed by atoms with Crippen LogP contribution in [0.3, 0.4) is 0 Å². The van der Waals surface area contributed by atoms with Gasteiger partial charge in [0.2, 0.25) is 0 Å². The van der Waals surface area contributed by atoms with E-state index in [0.717, 1.165) is 29.6 Å². The number of nitrogens with zero attached hydrogens (tertiary/aromatic N) is 3. The summed E-state index contributed by atoms with van der Waals surface area (Å²) < 4.78 is 4.88. The van der Waals surface area contributed by atoms with Crippen LogP contribution in [0.1, 0.15) is 80.5 Å². The van der Waals surface area contributed by atoms with E-state index in [2.05, 4.69) is 240 Å². The van der Waals surface area contributed by atoms with Gasteiger partial charge in [-0.3, -0.25) is 0 Å². The molecule has 2 aromatic heterocycles. The zero-order valence-electron chi connectivity index (χ0n) is 41.9. The number of hydrogen-bond acceptors (Lipinski definition) is 1. The highest BCUT2D eigenvalue weighted by molar-refractivity contribution is 6.19. The maximum absolute atomic E-state index is 4.03. The van der Waals surface area contributed by atoms with Crippen LogP contribution in [0, 0.1) is 11.8 Å². The Labute approximate surface area is 429 Å². The molecule has 0 spiro atoms. The van der Waals surface area contributed by atoms with Crippen LogP contribution in [0.5, 0.6) is 0 Å². The summed E-state index contributed by atoms with van der Waals surface area (Å²) in [6.45, 7) is 6.31. The molecular formula is C70H61N3. The molecule has 2 unspecified atom stereocenters. The molecule has 15 rings (SSSR count). The topological polar surface area (TPSA) is 13.1 Å². The summed E-state index contributed by atoms with van der Waals surface area (Å²) in [7, 11) is 0. The predicted molar refractivity (Wildman–Crippen MR) is 308 cm³/mol. The van der Waals surface area contributed by atoms with Gasteiger partial charge in [-0.2, -0.15) is 0 Å². The lowest BCUT2D eigenvalue weighted by atomic mass is 9.42. The largest absolute Gasteiger partial charge is 0.311 e. The molecule has 73 heavy (non-hydrogen) atoms. The minimum Gasteiger partial charge on any atom is -0.311 e. The first-order valence-corrected chi connectivity index (χ1v) is 26.9. The van der Waals surface area contributed by atoms with Gasteiger partial charge < -0.3 is 14.0 Å². The molecule has 2 heterocycles. The van der Waals surface area contributed by atoms with E-state index in [0.29, 0.717) is 0 Å². The fourth-order valence-corrected chi connectivity index (χ4v) is 14.7. The summed E-state index contributed by atoms with van der Waals surface area (Å²) in [5, 5.41) is 5.00. The minimum atomic E-state index is 0.230. The van der Waals surface area contributed by atoms with Crippen molar-refractivity contribution < 1.29 is 0 Å². The molecule has 356 valence electrons. The minimum absolute atomic E-state index is 0.230. The maximum atomic E-state index is 4.03. The van der Waals surface area contributed by atoms with Crippen LogP contribution in [0.15, 0.2) is 219 Å². The predicted octanol–water partition coefficient (Wildman–Crippen LogP) is 18.8. The third-order valence-corrected chi connectivity index (χ3v) is 17.6. The number of fused-ring (bicyclic) bond motifs is 6. The summed E-state index contributed by atoms with van der Waals surface area (Å²) in [5.74, 6) is 1.60. The van der Waals surface area contributed by atoms with Gasteiger partial charge in [0.25, 0.3) is 0 Å². The average molecular weight is 944 g/mol. The van der Waals surface area contributed by atoms with Crippen molar-refractivity contribution in [3.63, 3.8) is 0 Å². The van der Waals surface area contributed by atoms with E-state index in [9.17, 15) is 0 Å². The Kier molecular flexibility index (Phi) is 10.5. The summed E-state index contributed by atoms with van der Waals surface area (Å²) >= 11 is 0. The number of benzene rings is 9. The second-order valence-electron chi connectivity index (χ2n) is 22.0. The molecule has 11 aromatic rings. The van der Waals surface area contributed by atoms with Gasteiger partial charge in [0, 0.05) is 50.0 Å². The summed E-state index contributed by atoms with van der Waals surface area (Å²) in [5.41, 5.74) is 19.3. The monoisotopic (exact) mass is 943 g/mol. The first kappa shape index (κ1) is 43.9. The fourth-order valence-electron chi connectivity index (χ4n) is 14.7. The molecule has 0 N–H and O–H groups in total. The van der Waals surface area contributed by atoms with Crippen LogP contribution in [0.25, 0.3) is 72.2 Å². The Morgan fingerprint density at radius 2 is 0.959 bits per heavy atom. The van der Waals surface area contributed by atoms with Gasteiger partial charge in [-0.1, -0.05) is 147 Å². The van der Waals surface area contributed by atoms with Crippen LogP contribution < -0.4 is 4.90 Å². The molecule has 3 heteroatoms. The third-order valence-electron chi connectivity index (χ3n) is 17.6. The van der Waals surface area contributed by atoms with E-state index in [1.165, 1.54) is 140 Å². The van der Waals surface area contributed by atoms with Crippen LogP contribution in [0.2, 0.25) is 0 Å². The van der Waals surface area contributed by atoms with Crippen LogP contribution in [-0.2, 0) is 17.3 Å². The molecule has 2 atom stereocenters. The number of aromatic nitrogens is 2. The lowest BCUT2D eigenvalue weighted by Crippen LogP contribution is -2.55. The van der Waals surface area contributed by atoms with Crippen molar-refractivity contribution in [3.8, 4) is 22.5 Å². The molecule has 4 aliphatic rings. The molecule has 4 aliphatic carbocycles. The Morgan fingerprint density at radius 3 is 1.53 bits per heavy atom. The van der Waals surface area contributed by atoms with E-state index in [4.69, 9.17) is 0 Å². The second kappa shape index (κ2) is 17.4. The third kappa shape index (κ3) is 7.30. The van der Waals surface area contributed by atoms with Gasteiger partial charge in [0.1, 0.15) is 0 Å². The lowest BCUT2D eigenvalue weighted by molar-refractivity contribution is -0.0281. The second-order valence-corrected chi connectivity index (χ2v) is 22.0. The van der Waals surface area contributed by atoms with Crippen LogP contribution in [-0.4, -0.2) is 9.13 Å². The van der Waals surface area contributed by atoms with Crippen molar-refractivity contribution in [1.82, 2.24) is 9.13 Å². The Bertz CT molecular complexity index is 3830. The number of anilines is 3. The van der Waals surface area contributed by atoms with Crippen molar-refractivity contribution in [2.45, 2.75) is 75.5 Å². The number of rotatable bonds is 12. The molecule has 4 saturated carbocycles. The smallest absolute Gasteiger partial charge is 0.0548 e. The molecule has 0 aliphatic heterocycles. The number of unbranched alkanes of at least 4 members (excludes halogenated alkanes) is 1. The van der Waals surface area contributed by atoms with Crippen LogP contribution >= 0.6 is 0 Å². The summed E-state index contributed by atoms with van der Waals surface area (Å²) in [6, 6.07) is 80.3. The summed E-state index contributed by atoms with van der Waals surface area (Å²) in [4.78, 5) is 2.47. The van der Waals surface area contributed by atoms with Gasteiger partial charge in [-0.15, -0.1) is 0 Å². The van der Waals surface area contributed by atoms with E-state index in [-0.39, 0.29) is 10.8 Å². The number of hydrogen-bond donors (Lipinski definition) is 0. The molecule has 4 bridgehead atoms. The average Bonchev–Trinajstić information content (AvgIpc) is 3.94. The van der Waals surface area contributed by atoms with E-state index < -0.39 is 0 Å². The quantitative estimate of drug-likeness (QED) is 0.119. The van der Waals surface area contributed by atoms with Gasteiger partial charge in [-0.25, -0.2) is 0 Å². The van der Waals surface area contributed by atoms with Crippen molar-refractivity contribution in [1.29, 1.82) is 0 Å². The highest BCUT2D eigenvalue weighted by Gasteiger charge is 2.58. The Morgan fingerprint density at radius 1 is 0.479 bits per heavy atom. The number of aryl methyl sites for hydroxylation is 1. The summed E-state index contributed by atoms with van der Waals surface area (Å²) in [6.07, 6.45) is 13.5. The zero-order chi connectivity index (χ0) is 48.7. The van der Waals surface area contributed by atoms with Gasteiger partial charge in [0.15, 0.2) is 0 Å². The van der Waals surface area contributed by atoms with Gasteiger partial charge >= 0.3 is 0 Å². The molecular weight excluding hydrogens is 883 g/mol. The Balaban J connectivity index is 0.849. The van der Waals surface area contributed by atoms with Crippen molar-refractivity contribution in [2.24, 2.45) is 11.8 Å². The Hall–Kier alpha value is -7.88. The molecule has 3 nitrogen and oxygen atoms in total. The fraction of sp³-hybridized carbons (Fsp3) is 0.200. The maximum Gasteiger partial charge on any atom is 0.0548 e. The highest BCUT2D eigenvalue weighted by atomic mass is 15.1. The highest BCUT2D eigenvalue weighted by Crippen LogP contribution is 2.66. The van der Waals surface area contributed by atoms with Crippen molar-refractivity contribution in [3.05, 3.63) is 241 Å². The van der Waals surface area contributed by atoms with Crippen molar-refractivity contribution in [2.75, 3.05) is 4.90 Å².